The van der Waals surface area contributed by atoms with Crippen molar-refractivity contribution in [2.24, 2.45) is 0 Å². The van der Waals surface area contributed by atoms with Crippen molar-refractivity contribution in [1.29, 1.82) is 0 Å². The lowest BCUT2D eigenvalue weighted by atomic mass is 10.1. The van der Waals surface area contributed by atoms with Crippen LogP contribution in [0, 0.1) is 5.82 Å². The highest BCUT2D eigenvalue weighted by molar-refractivity contribution is 8.04. The van der Waals surface area contributed by atoms with Crippen molar-refractivity contribution >= 4 is 35.3 Å². The van der Waals surface area contributed by atoms with Crippen LogP contribution in [0.2, 0.25) is 0 Å². The largest absolute Gasteiger partial charge is 0.350 e. The fourth-order valence-corrected chi connectivity index (χ4v) is 5.53. The van der Waals surface area contributed by atoms with E-state index in [1.165, 1.54) is 29.5 Å². The van der Waals surface area contributed by atoms with Gasteiger partial charge in [-0.1, -0.05) is 84.6 Å². The Hall–Kier alpha value is -4.16. The Morgan fingerprint density at radius 1 is 0.923 bits per heavy atom. The summed E-state index contributed by atoms with van der Waals surface area (Å²) in [6, 6.07) is 31.5. The Balaban J connectivity index is 1.39. The molecule has 1 N–H and O–H groups in total. The molecule has 1 aliphatic rings. The first-order chi connectivity index (χ1) is 19.0. The number of benzene rings is 4. The number of rotatable bonds is 8. The second kappa shape index (κ2) is 12.1. The fraction of sp³-hybridized carbons (Fsp3) is 0.152. The minimum atomic E-state index is -0.329. The highest BCUT2D eigenvalue weighted by Gasteiger charge is 2.30. The molecule has 0 saturated carbocycles. The monoisotopic (exact) mass is 536 g/mol. The maximum atomic E-state index is 13.7. The van der Waals surface area contributed by atoms with Gasteiger partial charge in [0.2, 0.25) is 0 Å². The molecule has 0 saturated heterocycles. The van der Waals surface area contributed by atoms with Crippen LogP contribution < -0.4 is 10.2 Å². The third-order valence-electron chi connectivity index (χ3n) is 6.63. The van der Waals surface area contributed by atoms with Crippen molar-refractivity contribution in [3.8, 4) is 0 Å². The molecule has 0 radical (unpaired) electrons. The third-order valence-corrected chi connectivity index (χ3v) is 7.70. The maximum Gasteiger partial charge on any atom is 0.265 e. The number of anilines is 1. The topological polar surface area (TPSA) is 49.4 Å². The Kier molecular flexibility index (Phi) is 8.23. The molecule has 0 aromatic heterocycles. The number of hydrogen-bond donors (Lipinski definition) is 1. The lowest BCUT2D eigenvalue weighted by Crippen LogP contribution is -2.35. The molecule has 4 nitrogen and oxygen atoms in total. The van der Waals surface area contributed by atoms with Crippen molar-refractivity contribution in [2.45, 2.75) is 37.2 Å². The van der Waals surface area contributed by atoms with E-state index in [-0.39, 0.29) is 30.2 Å². The van der Waals surface area contributed by atoms with E-state index in [9.17, 15) is 14.0 Å². The molecule has 4 aromatic rings. The Labute approximate surface area is 232 Å². The lowest BCUT2D eigenvalue weighted by Gasteiger charge is -2.31. The van der Waals surface area contributed by atoms with E-state index >= 15 is 0 Å². The van der Waals surface area contributed by atoms with Crippen LogP contribution in [0.1, 0.15) is 40.4 Å². The predicted molar refractivity (Wildman–Crippen MR) is 156 cm³/mol. The van der Waals surface area contributed by atoms with Crippen LogP contribution in [0.15, 0.2) is 113 Å². The van der Waals surface area contributed by atoms with Gasteiger partial charge in [0.15, 0.2) is 0 Å². The average Bonchev–Trinajstić information content (AvgIpc) is 2.96. The quantitative estimate of drug-likeness (QED) is 0.241. The second-order valence-electron chi connectivity index (χ2n) is 9.62. The van der Waals surface area contributed by atoms with Gasteiger partial charge in [-0.05, 0) is 72.9 Å². The molecule has 6 heteroatoms. The summed E-state index contributed by atoms with van der Waals surface area (Å²) in [5.41, 5.74) is 4.13. The molecular formula is C33H29FN2O2S. The molecule has 1 atom stereocenters. The minimum absolute atomic E-state index is 0.0135. The van der Waals surface area contributed by atoms with Crippen molar-refractivity contribution in [1.82, 2.24) is 5.32 Å². The van der Waals surface area contributed by atoms with Gasteiger partial charge in [-0.2, -0.15) is 0 Å². The molecule has 196 valence electrons. The Bertz CT molecular complexity index is 1490. The number of halogens is 1. The normalized spacial score (nSPS) is 14.7. The number of aryl methyl sites for hydroxylation is 1. The van der Waals surface area contributed by atoms with Crippen LogP contribution in [-0.4, -0.2) is 17.9 Å². The Morgan fingerprint density at radius 3 is 2.33 bits per heavy atom. The summed E-state index contributed by atoms with van der Waals surface area (Å²) in [5, 5.41) is 3.09. The summed E-state index contributed by atoms with van der Waals surface area (Å²) < 4.78 is 13.5. The summed E-state index contributed by atoms with van der Waals surface area (Å²) in [6.07, 6.45) is 3.57. The maximum absolute atomic E-state index is 13.7. The zero-order chi connectivity index (χ0) is 27.2. The minimum Gasteiger partial charge on any atom is -0.350 e. The first kappa shape index (κ1) is 26.4. The van der Waals surface area contributed by atoms with Gasteiger partial charge in [0, 0.05) is 16.5 Å². The molecule has 5 rings (SSSR count). The number of nitrogens with one attached hydrogen (secondary N) is 1. The van der Waals surface area contributed by atoms with Crippen LogP contribution >= 0.6 is 11.8 Å². The van der Waals surface area contributed by atoms with Gasteiger partial charge >= 0.3 is 0 Å². The van der Waals surface area contributed by atoms with E-state index in [0.717, 1.165) is 28.9 Å². The Morgan fingerprint density at radius 2 is 1.62 bits per heavy atom. The first-order valence-corrected chi connectivity index (χ1v) is 13.8. The zero-order valence-electron chi connectivity index (χ0n) is 21.6. The highest BCUT2D eigenvalue weighted by Crippen LogP contribution is 2.43. The highest BCUT2D eigenvalue weighted by atomic mass is 32.2. The average molecular weight is 537 g/mol. The van der Waals surface area contributed by atoms with E-state index in [1.807, 2.05) is 67.6 Å². The van der Waals surface area contributed by atoms with E-state index in [2.05, 4.69) is 17.4 Å². The van der Waals surface area contributed by atoms with Crippen molar-refractivity contribution in [3.63, 3.8) is 0 Å². The number of amides is 2. The third kappa shape index (κ3) is 6.65. The standard InChI is InChI=1S/C33H29FN2O2S/c1-23(12-13-24-8-4-2-5-9-24)35-32(37)27-16-19-30-29(21-27)36(22-26-14-17-28(34)18-15-26)33(38)31(39-30)20-25-10-6-3-7-11-25/h2-11,14-21,23H,12-13,22H2,1H3,(H,35,37)/b31-20-/t23-/m0/s1. The fourth-order valence-electron chi connectivity index (χ4n) is 4.49. The molecule has 2 amide bonds. The number of hydrogen-bond acceptors (Lipinski definition) is 3. The molecule has 4 aromatic carbocycles. The molecule has 0 fully saturated rings. The van der Waals surface area contributed by atoms with Crippen molar-refractivity contribution in [2.75, 3.05) is 4.90 Å². The summed E-state index contributed by atoms with van der Waals surface area (Å²) >= 11 is 1.39. The van der Waals surface area contributed by atoms with Gasteiger partial charge in [0.1, 0.15) is 5.82 Å². The van der Waals surface area contributed by atoms with Crippen LogP contribution in [0.5, 0.6) is 0 Å². The number of thioether (sulfide) groups is 1. The first-order valence-electron chi connectivity index (χ1n) is 13.0. The van der Waals surface area contributed by atoms with Gasteiger partial charge < -0.3 is 10.2 Å². The van der Waals surface area contributed by atoms with Crippen molar-refractivity contribution < 1.29 is 14.0 Å². The molecule has 0 bridgehead atoms. The molecule has 0 unspecified atom stereocenters. The number of fused-ring (bicyclic) bond motifs is 1. The smallest absolute Gasteiger partial charge is 0.265 e. The van der Waals surface area contributed by atoms with Gasteiger partial charge in [-0.3, -0.25) is 9.59 Å². The number of nitrogens with zero attached hydrogens (tertiary/aromatic N) is 1. The molecule has 1 aliphatic heterocycles. The van der Waals surface area contributed by atoms with Crippen molar-refractivity contribution in [3.05, 3.63) is 136 Å². The van der Waals surface area contributed by atoms with Gasteiger partial charge in [0.05, 0.1) is 17.1 Å². The number of carbonyl (C=O) groups excluding carboxylic acids is 2. The van der Waals surface area contributed by atoms with Gasteiger partial charge in [-0.25, -0.2) is 4.39 Å². The zero-order valence-corrected chi connectivity index (χ0v) is 22.5. The summed E-state index contributed by atoms with van der Waals surface area (Å²) in [7, 11) is 0. The second-order valence-corrected chi connectivity index (χ2v) is 10.7. The number of carbonyl (C=O) groups is 2. The van der Waals surface area contributed by atoms with Gasteiger partial charge in [0.25, 0.3) is 11.8 Å². The SMILES string of the molecule is C[C@@H](CCc1ccccc1)NC(=O)c1ccc2c(c1)N(Cc1ccc(F)cc1)C(=O)/C(=C/c1ccccc1)S2. The van der Waals surface area contributed by atoms with E-state index in [4.69, 9.17) is 0 Å². The van der Waals surface area contributed by atoms with Crippen LogP contribution in [0.4, 0.5) is 10.1 Å². The van der Waals surface area contributed by atoms with Crippen LogP contribution in [0.25, 0.3) is 6.08 Å². The summed E-state index contributed by atoms with van der Waals surface area (Å²) in [5.74, 6) is -0.665. The molecule has 0 aliphatic carbocycles. The van der Waals surface area contributed by atoms with E-state index in [0.29, 0.717) is 16.2 Å². The summed E-state index contributed by atoms with van der Waals surface area (Å²) in [6.45, 7) is 2.26. The predicted octanol–water partition coefficient (Wildman–Crippen LogP) is 7.26. The molecule has 1 heterocycles. The molecule has 39 heavy (non-hydrogen) atoms. The van der Waals surface area contributed by atoms with E-state index in [1.54, 1.807) is 29.2 Å². The lowest BCUT2D eigenvalue weighted by molar-refractivity contribution is -0.114. The molecule has 0 spiro atoms. The van der Waals surface area contributed by atoms with Gasteiger partial charge in [-0.15, -0.1) is 0 Å². The van der Waals surface area contributed by atoms with Crippen LogP contribution in [-0.2, 0) is 17.8 Å². The molecular weight excluding hydrogens is 507 g/mol. The van der Waals surface area contributed by atoms with Crippen LogP contribution in [0.3, 0.4) is 0 Å². The van der Waals surface area contributed by atoms with E-state index < -0.39 is 0 Å². The summed E-state index contributed by atoms with van der Waals surface area (Å²) in [4.78, 5) is 30.0.